The van der Waals surface area contributed by atoms with Gasteiger partial charge in [0.1, 0.15) is 5.82 Å². The minimum atomic E-state index is 0.244. The van der Waals surface area contributed by atoms with Crippen LogP contribution in [0.5, 0.6) is 5.88 Å². The number of anilines is 1. The Morgan fingerprint density at radius 2 is 2.27 bits per heavy atom. The van der Waals surface area contributed by atoms with Gasteiger partial charge in [-0.15, -0.1) is 0 Å². The maximum Gasteiger partial charge on any atom is 0.215 e. The van der Waals surface area contributed by atoms with Gasteiger partial charge in [-0.25, -0.2) is 0 Å². The predicted molar refractivity (Wildman–Crippen MR) is 60.2 cm³/mol. The maximum atomic E-state index is 8.61. The molecular weight excluding hydrogens is 192 g/mol. The van der Waals surface area contributed by atoms with Gasteiger partial charge in [-0.1, -0.05) is 6.07 Å². The third kappa shape index (κ3) is 4.65. The Balaban J connectivity index is 2.36. The van der Waals surface area contributed by atoms with Crippen LogP contribution >= 0.6 is 0 Å². The molecule has 0 fully saturated rings. The molecule has 0 spiro atoms. The van der Waals surface area contributed by atoms with Crippen LogP contribution in [-0.4, -0.2) is 29.8 Å². The van der Waals surface area contributed by atoms with Crippen LogP contribution in [0.15, 0.2) is 18.2 Å². The van der Waals surface area contributed by atoms with Crippen LogP contribution in [0.4, 0.5) is 5.82 Å². The van der Waals surface area contributed by atoms with Gasteiger partial charge in [-0.2, -0.15) is 4.98 Å². The number of pyridine rings is 1. The second-order valence-electron chi connectivity index (χ2n) is 3.15. The minimum absolute atomic E-state index is 0.244. The fourth-order valence-corrected chi connectivity index (χ4v) is 1.19. The average molecular weight is 210 g/mol. The van der Waals surface area contributed by atoms with E-state index in [-0.39, 0.29) is 6.61 Å². The fourth-order valence-electron chi connectivity index (χ4n) is 1.19. The summed E-state index contributed by atoms with van der Waals surface area (Å²) in [6.07, 6.45) is 1.76. The zero-order valence-electron chi connectivity index (χ0n) is 9.07. The second-order valence-corrected chi connectivity index (χ2v) is 3.15. The lowest BCUT2D eigenvalue weighted by Gasteiger charge is -2.06. The first kappa shape index (κ1) is 11.8. The quantitative estimate of drug-likeness (QED) is 0.672. The molecule has 1 aromatic rings. The molecule has 0 saturated carbocycles. The molecule has 0 unspecified atom stereocenters. The van der Waals surface area contributed by atoms with Crippen LogP contribution in [0.25, 0.3) is 0 Å². The number of hydrogen-bond acceptors (Lipinski definition) is 4. The molecule has 1 rings (SSSR count). The number of hydrogen-bond donors (Lipinski definition) is 2. The van der Waals surface area contributed by atoms with Crippen molar-refractivity contribution in [2.24, 2.45) is 0 Å². The summed E-state index contributed by atoms with van der Waals surface area (Å²) in [7, 11) is 0. The zero-order chi connectivity index (χ0) is 10.9. The fraction of sp³-hybridized carbons (Fsp3) is 0.545. The van der Waals surface area contributed by atoms with Crippen molar-refractivity contribution in [1.29, 1.82) is 0 Å². The molecule has 1 heterocycles. The van der Waals surface area contributed by atoms with Crippen LogP contribution in [0.1, 0.15) is 19.8 Å². The molecule has 2 N–H and O–H groups in total. The van der Waals surface area contributed by atoms with Gasteiger partial charge in [-0.05, 0) is 25.8 Å². The summed E-state index contributed by atoms with van der Waals surface area (Å²) in [5.41, 5.74) is 0. The van der Waals surface area contributed by atoms with Crippen LogP contribution in [0.2, 0.25) is 0 Å². The number of nitrogens with one attached hydrogen (secondary N) is 1. The Morgan fingerprint density at radius 3 is 3.00 bits per heavy atom. The molecule has 0 aliphatic heterocycles. The van der Waals surface area contributed by atoms with E-state index in [4.69, 9.17) is 9.84 Å². The molecule has 84 valence electrons. The van der Waals surface area contributed by atoms with Gasteiger partial charge in [0, 0.05) is 19.2 Å². The second kappa shape index (κ2) is 7.06. The van der Waals surface area contributed by atoms with Crippen LogP contribution < -0.4 is 10.1 Å². The van der Waals surface area contributed by atoms with Crippen molar-refractivity contribution < 1.29 is 9.84 Å². The number of aromatic nitrogens is 1. The van der Waals surface area contributed by atoms with Gasteiger partial charge < -0.3 is 15.2 Å². The Morgan fingerprint density at radius 1 is 1.40 bits per heavy atom. The number of ether oxygens (including phenoxy) is 1. The van der Waals surface area contributed by atoms with Gasteiger partial charge in [0.2, 0.25) is 5.88 Å². The smallest absolute Gasteiger partial charge is 0.215 e. The Bertz CT molecular complexity index is 279. The summed E-state index contributed by atoms with van der Waals surface area (Å²) in [5.74, 6) is 1.46. The van der Waals surface area contributed by atoms with E-state index < -0.39 is 0 Å². The Labute approximate surface area is 90.3 Å². The van der Waals surface area contributed by atoms with E-state index in [1.54, 1.807) is 0 Å². The Hall–Kier alpha value is -1.29. The summed E-state index contributed by atoms with van der Waals surface area (Å²) < 4.78 is 5.28. The highest BCUT2D eigenvalue weighted by molar-refractivity contribution is 5.36. The summed E-state index contributed by atoms with van der Waals surface area (Å²) in [4.78, 5) is 4.26. The third-order valence-electron chi connectivity index (χ3n) is 1.91. The first-order valence-electron chi connectivity index (χ1n) is 5.31. The molecular formula is C11H18N2O2. The number of aliphatic hydroxyl groups is 1. The molecule has 0 atom stereocenters. The summed E-state index contributed by atoms with van der Waals surface area (Å²) in [5, 5.41) is 11.8. The van der Waals surface area contributed by atoms with Gasteiger partial charge in [0.25, 0.3) is 0 Å². The summed E-state index contributed by atoms with van der Waals surface area (Å²) in [6.45, 7) is 3.63. The maximum absolute atomic E-state index is 8.61. The molecule has 1 aromatic heterocycles. The number of rotatable bonds is 7. The van der Waals surface area contributed by atoms with E-state index in [1.807, 2.05) is 25.1 Å². The molecule has 15 heavy (non-hydrogen) atoms. The van der Waals surface area contributed by atoms with E-state index >= 15 is 0 Å². The topological polar surface area (TPSA) is 54.4 Å². The number of nitrogens with zero attached hydrogens (tertiary/aromatic N) is 1. The average Bonchev–Trinajstić information content (AvgIpc) is 2.26. The van der Waals surface area contributed by atoms with Crippen molar-refractivity contribution in [3.8, 4) is 5.88 Å². The summed E-state index contributed by atoms with van der Waals surface area (Å²) in [6, 6.07) is 5.65. The van der Waals surface area contributed by atoms with Crippen molar-refractivity contribution in [3.63, 3.8) is 0 Å². The van der Waals surface area contributed by atoms with Crippen LogP contribution in [-0.2, 0) is 0 Å². The van der Waals surface area contributed by atoms with Crippen molar-refractivity contribution >= 4 is 5.82 Å². The standard InChI is InChI=1S/C11H18N2O2/c1-2-15-11-7-5-6-10(13-11)12-8-3-4-9-14/h5-7,14H,2-4,8-9H2,1H3,(H,12,13). The third-order valence-corrected chi connectivity index (χ3v) is 1.91. The van der Waals surface area contributed by atoms with Crippen molar-refractivity contribution in [2.75, 3.05) is 25.1 Å². The van der Waals surface area contributed by atoms with Gasteiger partial charge in [-0.3, -0.25) is 0 Å². The SMILES string of the molecule is CCOc1cccc(NCCCCO)n1. The highest BCUT2D eigenvalue weighted by Gasteiger charge is 1.96. The van der Waals surface area contributed by atoms with E-state index in [1.165, 1.54) is 0 Å². The van der Waals surface area contributed by atoms with E-state index in [0.717, 1.165) is 25.2 Å². The predicted octanol–water partition coefficient (Wildman–Crippen LogP) is 1.66. The van der Waals surface area contributed by atoms with E-state index in [0.29, 0.717) is 12.5 Å². The van der Waals surface area contributed by atoms with Crippen molar-refractivity contribution in [2.45, 2.75) is 19.8 Å². The molecule has 0 amide bonds. The molecule has 0 radical (unpaired) electrons. The Kier molecular flexibility index (Phi) is 5.55. The lowest BCUT2D eigenvalue weighted by Crippen LogP contribution is -2.04. The van der Waals surface area contributed by atoms with Crippen LogP contribution in [0.3, 0.4) is 0 Å². The zero-order valence-corrected chi connectivity index (χ0v) is 9.07. The first-order chi connectivity index (χ1) is 7.36. The largest absolute Gasteiger partial charge is 0.478 e. The molecule has 4 heteroatoms. The van der Waals surface area contributed by atoms with E-state index in [9.17, 15) is 0 Å². The molecule has 0 aromatic carbocycles. The number of unbranched alkanes of at least 4 members (excludes halogenated alkanes) is 1. The lowest BCUT2D eigenvalue weighted by molar-refractivity contribution is 0.286. The van der Waals surface area contributed by atoms with Gasteiger partial charge in [0.05, 0.1) is 6.61 Å². The summed E-state index contributed by atoms with van der Waals surface area (Å²) >= 11 is 0. The molecule has 4 nitrogen and oxygen atoms in total. The highest BCUT2D eigenvalue weighted by Crippen LogP contribution is 2.11. The highest BCUT2D eigenvalue weighted by atomic mass is 16.5. The molecule has 0 aliphatic rings. The van der Waals surface area contributed by atoms with Crippen molar-refractivity contribution in [3.05, 3.63) is 18.2 Å². The van der Waals surface area contributed by atoms with E-state index in [2.05, 4.69) is 10.3 Å². The lowest BCUT2D eigenvalue weighted by atomic mass is 10.3. The molecule has 0 saturated heterocycles. The van der Waals surface area contributed by atoms with Gasteiger partial charge in [0.15, 0.2) is 0 Å². The molecule has 0 aliphatic carbocycles. The monoisotopic (exact) mass is 210 g/mol. The van der Waals surface area contributed by atoms with Crippen molar-refractivity contribution in [1.82, 2.24) is 4.98 Å². The first-order valence-corrected chi connectivity index (χ1v) is 5.31. The van der Waals surface area contributed by atoms with Crippen LogP contribution in [0, 0.1) is 0 Å². The normalized spacial score (nSPS) is 10.0. The molecule has 0 bridgehead atoms. The number of aliphatic hydroxyl groups excluding tert-OH is 1. The minimum Gasteiger partial charge on any atom is -0.478 e. The van der Waals surface area contributed by atoms with Gasteiger partial charge >= 0.3 is 0 Å².